The summed E-state index contributed by atoms with van der Waals surface area (Å²) < 4.78 is 0. The van der Waals surface area contributed by atoms with Gasteiger partial charge in [0.15, 0.2) is 0 Å². The molecule has 5 rings (SSSR count). The van der Waals surface area contributed by atoms with E-state index >= 15 is 0 Å². The minimum Gasteiger partial charge on any atom is -0.351 e. The lowest BCUT2D eigenvalue weighted by Crippen LogP contribution is -2.56. The number of hydrogen-bond acceptors (Lipinski definition) is 2. The minimum atomic E-state index is -0.0443. The van der Waals surface area contributed by atoms with Gasteiger partial charge in [0.2, 0.25) is 11.8 Å². The van der Waals surface area contributed by atoms with Crippen molar-refractivity contribution in [2.45, 2.75) is 63.3 Å². The minimum absolute atomic E-state index is 0.0443. The first-order valence-corrected chi connectivity index (χ1v) is 10.5. The van der Waals surface area contributed by atoms with E-state index < -0.39 is 0 Å². The van der Waals surface area contributed by atoms with Crippen molar-refractivity contribution in [2.75, 3.05) is 13.1 Å². The lowest BCUT2D eigenvalue weighted by molar-refractivity contribution is -0.141. The molecular formula is C23H30N2O2. The number of nitrogens with one attached hydrogen (secondary N) is 1. The molecule has 1 aromatic rings. The quantitative estimate of drug-likeness (QED) is 0.874. The molecule has 1 aromatic carbocycles. The maximum Gasteiger partial charge on any atom is 0.225 e. The van der Waals surface area contributed by atoms with Gasteiger partial charge in [0, 0.05) is 31.0 Å². The number of likely N-dealkylation sites (tertiary alicyclic amines) is 1. The number of fused-ring (bicyclic) bond motifs is 1. The standard InChI is InChI=1S/C23H30N2O2/c1-22(2,3)16-6-4-14(5-7-16)20-17-12-25(13-18(17)20)21(27)15-10-23(11-15)9-8-19(26)24-23/h4-7,15,17-18,20H,8-13H2,1-3H3,(H,24,26)/t15?,17-,18+,20+,23?. The number of nitrogens with zero attached hydrogens (tertiary/aromatic N) is 1. The zero-order valence-corrected chi connectivity index (χ0v) is 16.6. The molecule has 2 aliphatic carbocycles. The summed E-state index contributed by atoms with van der Waals surface area (Å²) in [5, 5.41) is 3.09. The topological polar surface area (TPSA) is 49.4 Å². The van der Waals surface area contributed by atoms with Gasteiger partial charge in [-0.25, -0.2) is 0 Å². The highest BCUT2D eigenvalue weighted by molar-refractivity contribution is 5.84. The summed E-state index contributed by atoms with van der Waals surface area (Å²) in [6, 6.07) is 9.15. The van der Waals surface area contributed by atoms with E-state index in [1.54, 1.807) is 0 Å². The molecule has 2 saturated heterocycles. The Labute approximate surface area is 161 Å². The first-order chi connectivity index (χ1) is 12.8. The molecule has 2 aliphatic heterocycles. The van der Waals surface area contributed by atoms with Crippen molar-refractivity contribution in [3.63, 3.8) is 0 Å². The number of benzene rings is 1. The molecule has 2 saturated carbocycles. The summed E-state index contributed by atoms with van der Waals surface area (Å²) in [6.45, 7) is 8.59. The van der Waals surface area contributed by atoms with Crippen molar-refractivity contribution in [3.8, 4) is 0 Å². The Morgan fingerprint density at radius 2 is 1.74 bits per heavy atom. The van der Waals surface area contributed by atoms with E-state index in [1.807, 2.05) is 0 Å². The first-order valence-electron chi connectivity index (χ1n) is 10.5. The van der Waals surface area contributed by atoms with Crippen LogP contribution in [0.5, 0.6) is 0 Å². The summed E-state index contributed by atoms with van der Waals surface area (Å²) >= 11 is 0. The van der Waals surface area contributed by atoms with Crippen LogP contribution >= 0.6 is 0 Å². The average Bonchev–Trinajstić information content (AvgIpc) is 2.93. The Morgan fingerprint density at radius 1 is 1.11 bits per heavy atom. The summed E-state index contributed by atoms with van der Waals surface area (Å²) in [5.41, 5.74) is 2.98. The predicted molar refractivity (Wildman–Crippen MR) is 104 cm³/mol. The van der Waals surface area contributed by atoms with Gasteiger partial charge < -0.3 is 10.2 Å². The summed E-state index contributed by atoms with van der Waals surface area (Å²) in [4.78, 5) is 26.4. The summed E-state index contributed by atoms with van der Waals surface area (Å²) in [6.07, 6.45) is 3.24. The highest BCUT2D eigenvalue weighted by Gasteiger charge is 2.59. The van der Waals surface area contributed by atoms with Crippen LogP contribution in [0.1, 0.15) is 63.5 Å². The predicted octanol–water partition coefficient (Wildman–Crippen LogP) is 3.21. The van der Waals surface area contributed by atoms with Crippen LogP contribution in [-0.4, -0.2) is 35.3 Å². The Morgan fingerprint density at radius 3 is 2.26 bits per heavy atom. The molecule has 0 aromatic heterocycles. The van der Waals surface area contributed by atoms with Crippen molar-refractivity contribution in [1.82, 2.24) is 10.2 Å². The second-order valence-electron chi connectivity index (χ2n) is 10.4. The van der Waals surface area contributed by atoms with Crippen molar-refractivity contribution < 1.29 is 9.59 Å². The van der Waals surface area contributed by atoms with Gasteiger partial charge in [-0.1, -0.05) is 45.0 Å². The van der Waals surface area contributed by atoms with Gasteiger partial charge in [0.1, 0.15) is 0 Å². The molecule has 4 aliphatic rings. The maximum atomic E-state index is 12.8. The van der Waals surface area contributed by atoms with Crippen molar-refractivity contribution in [3.05, 3.63) is 35.4 Å². The van der Waals surface area contributed by atoms with E-state index in [-0.39, 0.29) is 22.8 Å². The number of piperidine rings is 1. The van der Waals surface area contributed by atoms with Crippen LogP contribution in [0, 0.1) is 17.8 Å². The zero-order valence-electron chi connectivity index (χ0n) is 16.6. The normalized spacial score (nSPS) is 37.1. The number of amides is 2. The highest BCUT2D eigenvalue weighted by Crippen LogP contribution is 2.59. The third-order valence-electron chi connectivity index (χ3n) is 7.53. The molecule has 2 heterocycles. The van der Waals surface area contributed by atoms with Crippen LogP contribution in [0.3, 0.4) is 0 Å². The van der Waals surface area contributed by atoms with Gasteiger partial charge in [0.05, 0.1) is 0 Å². The van der Waals surface area contributed by atoms with Gasteiger partial charge in [-0.15, -0.1) is 0 Å². The maximum absolute atomic E-state index is 12.8. The van der Waals surface area contributed by atoms with E-state index in [2.05, 4.69) is 55.3 Å². The molecule has 4 heteroatoms. The number of hydrogen-bond donors (Lipinski definition) is 1. The smallest absolute Gasteiger partial charge is 0.225 e. The first kappa shape index (κ1) is 17.3. The number of carbonyl (C=O) groups is 2. The second kappa shape index (κ2) is 5.59. The average molecular weight is 367 g/mol. The second-order valence-corrected chi connectivity index (χ2v) is 10.4. The molecule has 27 heavy (non-hydrogen) atoms. The van der Waals surface area contributed by atoms with Crippen LogP contribution in [0.2, 0.25) is 0 Å². The molecule has 4 nitrogen and oxygen atoms in total. The van der Waals surface area contributed by atoms with Crippen molar-refractivity contribution >= 4 is 11.8 Å². The number of rotatable bonds is 2. The van der Waals surface area contributed by atoms with Crippen LogP contribution in [0.4, 0.5) is 0 Å². The summed E-state index contributed by atoms with van der Waals surface area (Å²) in [7, 11) is 0. The fourth-order valence-electron chi connectivity index (χ4n) is 5.80. The van der Waals surface area contributed by atoms with Crippen LogP contribution in [0.15, 0.2) is 24.3 Å². The number of carbonyl (C=O) groups excluding carboxylic acids is 2. The highest BCUT2D eigenvalue weighted by atomic mass is 16.2. The van der Waals surface area contributed by atoms with Gasteiger partial charge >= 0.3 is 0 Å². The monoisotopic (exact) mass is 366 g/mol. The van der Waals surface area contributed by atoms with E-state index in [0.29, 0.717) is 30.1 Å². The molecule has 1 spiro atoms. The Hall–Kier alpha value is -1.84. The Kier molecular flexibility index (Phi) is 3.57. The third-order valence-corrected chi connectivity index (χ3v) is 7.53. The molecule has 0 radical (unpaired) electrons. The molecule has 4 fully saturated rings. The molecule has 0 bridgehead atoms. The van der Waals surface area contributed by atoms with Crippen molar-refractivity contribution in [1.29, 1.82) is 0 Å². The van der Waals surface area contributed by atoms with Crippen LogP contribution in [0.25, 0.3) is 0 Å². The van der Waals surface area contributed by atoms with Gasteiger partial charge in [0.25, 0.3) is 0 Å². The molecule has 3 atom stereocenters. The van der Waals surface area contributed by atoms with E-state index in [1.165, 1.54) is 11.1 Å². The molecule has 144 valence electrons. The van der Waals surface area contributed by atoms with E-state index in [0.717, 1.165) is 32.4 Å². The third kappa shape index (κ3) is 2.79. The Balaban J connectivity index is 1.16. The van der Waals surface area contributed by atoms with Gasteiger partial charge in [-0.05, 0) is 53.6 Å². The molecular weight excluding hydrogens is 336 g/mol. The lowest BCUT2D eigenvalue weighted by Gasteiger charge is -2.45. The van der Waals surface area contributed by atoms with Crippen molar-refractivity contribution in [2.24, 2.45) is 17.8 Å². The Bertz CT molecular complexity index is 774. The fraction of sp³-hybridized carbons (Fsp3) is 0.652. The van der Waals surface area contributed by atoms with E-state index in [9.17, 15) is 9.59 Å². The fourth-order valence-corrected chi connectivity index (χ4v) is 5.80. The molecule has 0 unspecified atom stereocenters. The largest absolute Gasteiger partial charge is 0.351 e. The van der Waals surface area contributed by atoms with E-state index in [4.69, 9.17) is 0 Å². The van der Waals surface area contributed by atoms with Gasteiger partial charge in [-0.2, -0.15) is 0 Å². The van der Waals surface area contributed by atoms with Crippen LogP contribution in [-0.2, 0) is 15.0 Å². The lowest BCUT2D eigenvalue weighted by atomic mass is 9.67. The zero-order chi connectivity index (χ0) is 19.0. The molecule has 1 N–H and O–H groups in total. The van der Waals surface area contributed by atoms with Crippen LogP contribution < -0.4 is 5.32 Å². The SMILES string of the molecule is CC(C)(C)c1ccc([C@H]2[C@@H]3CN(C(=O)C4CC5(CCC(=O)N5)C4)C[C@@H]32)cc1. The summed E-state index contributed by atoms with van der Waals surface area (Å²) in [5.74, 6) is 2.55. The molecule has 2 amide bonds. The van der Waals surface area contributed by atoms with Gasteiger partial charge in [-0.3, -0.25) is 9.59 Å².